The highest BCUT2D eigenvalue weighted by atomic mass is 14.8. The topological polar surface area (TPSA) is 26.0 Å². The molecule has 0 aromatic carbocycles. The third-order valence-electron chi connectivity index (χ3n) is 2.67. The van der Waals surface area contributed by atoms with Crippen molar-refractivity contribution >= 4 is 0 Å². The van der Waals surface area contributed by atoms with Crippen LogP contribution in [0.5, 0.6) is 0 Å². The van der Waals surface area contributed by atoms with Crippen molar-refractivity contribution in [1.29, 1.82) is 0 Å². The second-order valence-corrected chi connectivity index (χ2v) is 5.48. The lowest BCUT2D eigenvalue weighted by Gasteiger charge is -2.38. The van der Waals surface area contributed by atoms with Crippen molar-refractivity contribution in [2.24, 2.45) is 17.1 Å². The summed E-state index contributed by atoms with van der Waals surface area (Å²) in [6, 6.07) is 0. The van der Waals surface area contributed by atoms with E-state index in [9.17, 15) is 0 Å². The molecule has 2 N–H and O–H groups in total. The van der Waals surface area contributed by atoms with Gasteiger partial charge in [0.1, 0.15) is 0 Å². The smallest absolute Gasteiger partial charge is 0.0179 e. The fourth-order valence-corrected chi connectivity index (χ4v) is 1.72. The minimum Gasteiger partial charge on any atom is -0.325 e. The number of rotatable bonds is 3. The summed E-state index contributed by atoms with van der Waals surface area (Å²) >= 11 is 0. The Morgan fingerprint density at radius 3 is 1.67 bits per heavy atom. The van der Waals surface area contributed by atoms with Crippen LogP contribution in [-0.4, -0.2) is 5.54 Å². The Morgan fingerprint density at radius 1 is 1.17 bits per heavy atom. The average Bonchev–Trinajstić information content (AvgIpc) is 1.83. The SMILES string of the molecule is CCC(N)(CC(C)(C)C)C(C)C. The number of hydrogen-bond donors (Lipinski definition) is 1. The highest BCUT2D eigenvalue weighted by Gasteiger charge is 2.31. The molecule has 0 aromatic rings. The third kappa shape index (κ3) is 3.57. The standard InChI is InChI=1S/C11H25N/c1-7-11(12,9(2)3)8-10(4,5)6/h9H,7-8,12H2,1-6H3. The summed E-state index contributed by atoms with van der Waals surface area (Å²) in [4.78, 5) is 0. The summed E-state index contributed by atoms with van der Waals surface area (Å²) in [7, 11) is 0. The molecule has 0 rings (SSSR count). The predicted octanol–water partition coefficient (Wildman–Crippen LogP) is 3.19. The van der Waals surface area contributed by atoms with Gasteiger partial charge in [-0.05, 0) is 24.2 Å². The van der Waals surface area contributed by atoms with Crippen molar-refractivity contribution < 1.29 is 0 Å². The van der Waals surface area contributed by atoms with Crippen LogP contribution >= 0.6 is 0 Å². The summed E-state index contributed by atoms with van der Waals surface area (Å²) in [5.41, 5.74) is 6.69. The molecule has 0 bridgehead atoms. The van der Waals surface area contributed by atoms with Gasteiger partial charge in [-0.1, -0.05) is 41.5 Å². The first-order valence-corrected chi connectivity index (χ1v) is 5.00. The van der Waals surface area contributed by atoms with E-state index in [-0.39, 0.29) is 5.54 Å². The molecule has 0 fully saturated rings. The molecular weight excluding hydrogens is 146 g/mol. The Hall–Kier alpha value is -0.0400. The minimum absolute atomic E-state index is 0.0260. The average molecular weight is 171 g/mol. The Bertz CT molecular complexity index is 132. The molecule has 0 radical (unpaired) electrons. The summed E-state index contributed by atoms with van der Waals surface area (Å²) < 4.78 is 0. The Balaban J connectivity index is 4.35. The molecule has 0 spiro atoms. The van der Waals surface area contributed by atoms with Gasteiger partial charge in [-0.3, -0.25) is 0 Å². The second-order valence-electron chi connectivity index (χ2n) is 5.48. The third-order valence-corrected chi connectivity index (χ3v) is 2.67. The van der Waals surface area contributed by atoms with Crippen LogP contribution in [0.25, 0.3) is 0 Å². The van der Waals surface area contributed by atoms with Crippen LogP contribution in [-0.2, 0) is 0 Å². The fourth-order valence-electron chi connectivity index (χ4n) is 1.72. The van der Waals surface area contributed by atoms with Crippen molar-refractivity contribution in [1.82, 2.24) is 0 Å². The van der Waals surface area contributed by atoms with E-state index in [1.54, 1.807) is 0 Å². The Labute approximate surface area is 77.7 Å². The van der Waals surface area contributed by atoms with Gasteiger partial charge in [-0.25, -0.2) is 0 Å². The van der Waals surface area contributed by atoms with E-state index < -0.39 is 0 Å². The minimum atomic E-state index is 0.0260. The van der Waals surface area contributed by atoms with Gasteiger partial charge < -0.3 is 5.73 Å². The van der Waals surface area contributed by atoms with Crippen LogP contribution in [0.15, 0.2) is 0 Å². The first-order valence-electron chi connectivity index (χ1n) is 5.00. The fraction of sp³-hybridized carbons (Fsp3) is 1.00. The van der Waals surface area contributed by atoms with E-state index in [1.165, 1.54) is 0 Å². The Morgan fingerprint density at radius 2 is 1.58 bits per heavy atom. The molecule has 0 saturated heterocycles. The molecule has 0 heterocycles. The Kier molecular flexibility index (Phi) is 3.77. The molecule has 0 saturated carbocycles. The molecule has 1 unspecified atom stereocenters. The van der Waals surface area contributed by atoms with Crippen LogP contribution in [0.4, 0.5) is 0 Å². The van der Waals surface area contributed by atoms with E-state index in [4.69, 9.17) is 5.73 Å². The molecule has 0 aliphatic heterocycles. The molecule has 0 aliphatic carbocycles. The molecule has 74 valence electrons. The maximum Gasteiger partial charge on any atom is 0.0179 e. The van der Waals surface area contributed by atoms with Crippen LogP contribution < -0.4 is 5.73 Å². The van der Waals surface area contributed by atoms with Gasteiger partial charge in [0.2, 0.25) is 0 Å². The lowest BCUT2D eigenvalue weighted by Crippen LogP contribution is -2.47. The van der Waals surface area contributed by atoms with E-state index in [0.29, 0.717) is 11.3 Å². The first kappa shape index (κ1) is 12.0. The maximum absolute atomic E-state index is 6.33. The van der Waals surface area contributed by atoms with E-state index in [0.717, 1.165) is 12.8 Å². The van der Waals surface area contributed by atoms with Gasteiger partial charge in [-0.2, -0.15) is 0 Å². The predicted molar refractivity (Wildman–Crippen MR) is 56.1 cm³/mol. The van der Waals surface area contributed by atoms with Crippen molar-refractivity contribution in [2.45, 2.75) is 59.9 Å². The van der Waals surface area contributed by atoms with Gasteiger partial charge in [0, 0.05) is 5.54 Å². The van der Waals surface area contributed by atoms with Crippen molar-refractivity contribution in [3.63, 3.8) is 0 Å². The summed E-state index contributed by atoms with van der Waals surface area (Å²) in [5.74, 6) is 0.571. The van der Waals surface area contributed by atoms with Crippen molar-refractivity contribution in [2.75, 3.05) is 0 Å². The van der Waals surface area contributed by atoms with Crippen molar-refractivity contribution in [3.05, 3.63) is 0 Å². The van der Waals surface area contributed by atoms with Gasteiger partial charge in [0.15, 0.2) is 0 Å². The lowest BCUT2D eigenvalue weighted by atomic mass is 9.73. The summed E-state index contributed by atoms with van der Waals surface area (Å²) in [6.07, 6.45) is 2.18. The van der Waals surface area contributed by atoms with Gasteiger partial charge in [-0.15, -0.1) is 0 Å². The molecule has 12 heavy (non-hydrogen) atoms. The number of nitrogens with two attached hydrogens (primary N) is 1. The van der Waals surface area contributed by atoms with Crippen LogP contribution in [0, 0.1) is 11.3 Å². The first-order chi connectivity index (χ1) is 5.21. The normalized spacial score (nSPS) is 18.0. The lowest BCUT2D eigenvalue weighted by molar-refractivity contribution is 0.193. The largest absolute Gasteiger partial charge is 0.325 e. The van der Waals surface area contributed by atoms with Gasteiger partial charge in [0.05, 0.1) is 0 Å². The molecule has 0 aliphatic rings. The zero-order chi connectivity index (χ0) is 9.99. The summed E-state index contributed by atoms with van der Waals surface area (Å²) in [5, 5.41) is 0. The molecule has 1 atom stereocenters. The maximum atomic E-state index is 6.33. The quantitative estimate of drug-likeness (QED) is 0.693. The molecule has 1 nitrogen and oxygen atoms in total. The van der Waals surface area contributed by atoms with Crippen molar-refractivity contribution in [3.8, 4) is 0 Å². The highest BCUT2D eigenvalue weighted by molar-refractivity contribution is 4.89. The zero-order valence-corrected chi connectivity index (χ0v) is 9.57. The second kappa shape index (κ2) is 3.78. The monoisotopic (exact) mass is 171 g/mol. The van der Waals surface area contributed by atoms with E-state index in [1.807, 2.05) is 0 Å². The van der Waals surface area contributed by atoms with Gasteiger partial charge in [0.25, 0.3) is 0 Å². The van der Waals surface area contributed by atoms with Crippen LogP contribution in [0.3, 0.4) is 0 Å². The molecule has 0 aromatic heterocycles. The highest BCUT2D eigenvalue weighted by Crippen LogP contribution is 2.32. The molecular formula is C11H25N. The van der Waals surface area contributed by atoms with Crippen LogP contribution in [0.1, 0.15) is 54.4 Å². The van der Waals surface area contributed by atoms with Gasteiger partial charge >= 0.3 is 0 Å². The summed E-state index contributed by atoms with van der Waals surface area (Å²) in [6.45, 7) is 13.4. The van der Waals surface area contributed by atoms with Crippen LogP contribution in [0.2, 0.25) is 0 Å². The van der Waals surface area contributed by atoms with E-state index in [2.05, 4.69) is 41.5 Å². The molecule has 1 heteroatoms. The number of hydrogen-bond acceptors (Lipinski definition) is 1. The molecule has 0 amide bonds. The zero-order valence-electron chi connectivity index (χ0n) is 9.57. The van der Waals surface area contributed by atoms with E-state index >= 15 is 0 Å².